The number of nitrogens with zero attached hydrogens (tertiary/aromatic N) is 3. The van der Waals surface area contributed by atoms with Crippen molar-refractivity contribution in [3.8, 4) is 0 Å². The van der Waals surface area contributed by atoms with Crippen LogP contribution < -0.4 is 0 Å². The van der Waals surface area contributed by atoms with Crippen LogP contribution in [0.25, 0.3) is 0 Å². The van der Waals surface area contributed by atoms with Gasteiger partial charge in [0.1, 0.15) is 5.69 Å². The Labute approximate surface area is 125 Å². The van der Waals surface area contributed by atoms with E-state index in [1.165, 1.54) is 19.3 Å². The van der Waals surface area contributed by atoms with Crippen molar-refractivity contribution in [3.05, 3.63) is 18.2 Å². The summed E-state index contributed by atoms with van der Waals surface area (Å²) in [5.41, 5.74) is 0.564. The van der Waals surface area contributed by atoms with Crippen molar-refractivity contribution in [2.45, 2.75) is 31.8 Å². The number of hydrogen-bond donors (Lipinski definition) is 1. The molecule has 2 aliphatic rings. The van der Waals surface area contributed by atoms with Crippen molar-refractivity contribution in [2.75, 3.05) is 39.3 Å². The zero-order valence-corrected chi connectivity index (χ0v) is 12.5. The first-order valence-electron chi connectivity index (χ1n) is 7.94. The van der Waals surface area contributed by atoms with E-state index in [-0.39, 0.29) is 12.0 Å². The van der Waals surface area contributed by atoms with Crippen molar-refractivity contribution in [1.29, 1.82) is 0 Å². The molecule has 21 heavy (non-hydrogen) atoms. The standard InChI is InChI=1S/C15H24N4O2/c20-15(14-9-16-12-17-14)19-7-4-8-21-13(11-19)10-18-5-2-1-3-6-18/h9,12-13H,1-8,10-11H2,(H,16,17)/t13-/m1/s1. The summed E-state index contributed by atoms with van der Waals surface area (Å²) in [5.74, 6) is 0.0293. The highest BCUT2D eigenvalue weighted by Gasteiger charge is 2.26. The van der Waals surface area contributed by atoms with Crippen LogP contribution in [0.1, 0.15) is 36.2 Å². The zero-order valence-electron chi connectivity index (χ0n) is 12.5. The summed E-state index contributed by atoms with van der Waals surface area (Å²) in [6, 6.07) is 0. The maximum Gasteiger partial charge on any atom is 0.272 e. The average Bonchev–Trinajstić information content (AvgIpc) is 2.95. The fraction of sp³-hybridized carbons (Fsp3) is 0.733. The minimum absolute atomic E-state index is 0.0293. The van der Waals surface area contributed by atoms with E-state index in [9.17, 15) is 4.79 Å². The normalized spacial score (nSPS) is 24.8. The lowest BCUT2D eigenvalue weighted by molar-refractivity contribution is 0.0215. The van der Waals surface area contributed by atoms with Crippen LogP contribution in [0.4, 0.5) is 0 Å². The van der Waals surface area contributed by atoms with Crippen LogP contribution in [0.15, 0.2) is 12.5 Å². The first-order chi connectivity index (χ1) is 10.3. The van der Waals surface area contributed by atoms with Crippen LogP contribution in [0.5, 0.6) is 0 Å². The average molecular weight is 292 g/mol. The first-order valence-corrected chi connectivity index (χ1v) is 7.94. The van der Waals surface area contributed by atoms with Crippen LogP contribution >= 0.6 is 0 Å². The van der Waals surface area contributed by atoms with Crippen LogP contribution in [-0.4, -0.2) is 71.1 Å². The van der Waals surface area contributed by atoms with Crippen molar-refractivity contribution in [1.82, 2.24) is 19.8 Å². The van der Waals surface area contributed by atoms with E-state index in [2.05, 4.69) is 14.9 Å². The van der Waals surface area contributed by atoms with E-state index >= 15 is 0 Å². The Bertz CT molecular complexity index is 443. The second-order valence-corrected chi connectivity index (χ2v) is 5.92. The highest BCUT2D eigenvalue weighted by atomic mass is 16.5. The largest absolute Gasteiger partial charge is 0.375 e. The first kappa shape index (κ1) is 14.5. The number of hydrogen-bond acceptors (Lipinski definition) is 4. The third-order valence-electron chi connectivity index (χ3n) is 4.28. The zero-order chi connectivity index (χ0) is 14.5. The minimum atomic E-state index is 0.0293. The Morgan fingerprint density at radius 1 is 1.29 bits per heavy atom. The summed E-state index contributed by atoms with van der Waals surface area (Å²) in [6.07, 6.45) is 8.06. The molecule has 1 aromatic rings. The number of amides is 1. The van der Waals surface area contributed by atoms with Gasteiger partial charge in [0.05, 0.1) is 18.6 Å². The Morgan fingerprint density at radius 2 is 2.14 bits per heavy atom. The van der Waals surface area contributed by atoms with Crippen LogP contribution in [0.2, 0.25) is 0 Å². The van der Waals surface area contributed by atoms with Gasteiger partial charge in [0.2, 0.25) is 0 Å². The van der Waals surface area contributed by atoms with Gasteiger partial charge in [-0.15, -0.1) is 0 Å². The maximum atomic E-state index is 12.4. The van der Waals surface area contributed by atoms with E-state index in [1.54, 1.807) is 12.5 Å². The highest BCUT2D eigenvalue weighted by molar-refractivity contribution is 5.92. The molecular weight excluding hydrogens is 268 g/mol. The SMILES string of the molecule is O=C(c1cnc[nH]1)N1CCCO[C@H](CN2CCCCC2)C1. The molecule has 0 bridgehead atoms. The molecule has 1 aromatic heterocycles. The fourth-order valence-corrected chi connectivity index (χ4v) is 3.16. The van der Waals surface area contributed by atoms with Crippen molar-refractivity contribution >= 4 is 5.91 Å². The van der Waals surface area contributed by atoms with Gasteiger partial charge in [0.15, 0.2) is 0 Å². The molecule has 2 fully saturated rings. The molecule has 0 saturated carbocycles. The lowest BCUT2D eigenvalue weighted by Gasteiger charge is -2.31. The molecule has 1 atom stereocenters. The van der Waals surface area contributed by atoms with Gasteiger partial charge in [-0.3, -0.25) is 4.79 Å². The molecule has 6 nitrogen and oxygen atoms in total. The third-order valence-corrected chi connectivity index (χ3v) is 4.28. The van der Waals surface area contributed by atoms with Crippen molar-refractivity contribution < 1.29 is 9.53 Å². The molecule has 0 aromatic carbocycles. The topological polar surface area (TPSA) is 61.5 Å². The molecule has 0 unspecified atom stereocenters. The number of carbonyl (C=O) groups excluding carboxylic acids is 1. The molecule has 0 aliphatic carbocycles. The molecule has 3 heterocycles. The summed E-state index contributed by atoms with van der Waals surface area (Å²) in [5, 5.41) is 0. The molecule has 1 amide bonds. The molecule has 0 spiro atoms. The van der Waals surface area contributed by atoms with Gasteiger partial charge in [0.25, 0.3) is 5.91 Å². The lowest BCUT2D eigenvalue weighted by atomic mass is 10.1. The Hall–Kier alpha value is -1.40. The van der Waals surface area contributed by atoms with Crippen LogP contribution in [0.3, 0.4) is 0 Å². The highest BCUT2D eigenvalue weighted by Crippen LogP contribution is 2.14. The number of rotatable bonds is 3. The van der Waals surface area contributed by atoms with E-state index in [0.717, 1.165) is 39.2 Å². The van der Waals surface area contributed by atoms with Gasteiger partial charge in [-0.2, -0.15) is 0 Å². The summed E-state index contributed by atoms with van der Waals surface area (Å²) in [4.78, 5) is 23.6. The van der Waals surface area contributed by atoms with E-state index in [0.29, 0.717) is 12.2 Å². The minimum Gasteiger partial charge on any atom is -0.375 e. The number of ether oxygens (including phenoxy) is 1. The van der Waals surface area contributed by atoms with Gasteiger partial charge >= 0.3 is 0 Å². The Morgan fingerprint density at radius 3 is 2.90 bits per heavy atom. The lowest BCUT2D eigenvalue weighted by Crippen LogP contribution is -2.43. The molecule has 3 rings (SSSR count). The number of aromatic nitrogens is 2. The summed E-state index contributed by atoms with van der Waals surface area (Å²) in [7, 11) is 0. The number of piperidine rings is 1. The number of carbonyl (C=O) groups is 1. The Kier molecular flexibility index (Phi) is 4.87. The Balaban J connectivity index is 1.59. The predicted octanol–water partition coefficient (Wildman–Crippen LogP) is 1.13. The number of H-pyrrole nitrogens is 1. The second kappa shape index (κ2) is 7.04. The third kappa shape index (κ3) is 3.83. The number of nitrogens with one attached hydrogen (secondary N) is 1. The summed E-state index contributed by atoms with van der Waals surface area (Å²) >= 11 is 0. The van der Waals surface area contributed by atoms with E-state index < -0.39 is 0 Å². The van der Waals surface area contributed by atoms with Gasteiger partial charge in [-0.25, -0.2) is 4.98 Å². The number of aromatic amines is 1. The quantitative estimate of drug-likeness (QED) is 0.907. The number of imidazole rings is 1. The molecule has 6 heteroatoms. The molecular formula is C15H24N4O2. The van der Waals surface area contributed by atoms with E-state index in [4.69, 9.17) is 4.74 Å². The van der Waals surface area contributed by atoms with Crippen LogP contribution in [-0.2, 0) is 4.74 Å². The monoisotopic (exact) mass is 292 g/mol. The fourth-order valence-electron chi connectivity index (χ4n) is 3.16. The summed E-state index contributed by atoms with van der Waals surface area (Å²) < 4.78 is 5.94. The van der Waals surface area contributed by atoms with Gasteiger partial charge < -0.3 is 19.5 Å². The van der Waals surface area contributed by atoms with Crippen LogP contribution in [0, 0.1) is 0 Å². The maximum absolute atomic E-state index is 12.4. The molecule has 2 saturated heterocycles. The predicted molar refractivity (Wildman–Crippen MR) is 79.1 cm³/mol. The van der Waals surface area contributed by atoms with Gasteiger partial charge in [-0.1, -0.05) is 6.42 Å². The van der Waals surface area contributed by atoms with Crippen molar-refractivity contribution in [2.24, 2.45) is 0 Å². The second-order valence-electron chi connectivity index (χ2n) is 5.92. The molecule has 116 valence electrons. The van der Waals surface area contributed by atoms with E-state index in [1.807, 2.05) is 4.90 Å². The molecule has 1 N–H and O–H groups in total. The smallest absolute Gasteiger partial charge is 0.272 e. The molecule has 0 radical (unpaired) electrons. The number of likely N-dealkylation sites (tertiary alicyclic amines) is 1. The van der Waals surface area contributed by atoms with Crippen molar-refractivity contribution in [3.63, 3.8) is 0 Å². The van der Waals surface area contributed by atoms with Gasteiger partial charge in [0, 0.05) is 26.2 Å². The van der Waals surface area contributed by atoms with Gasteiger partial charge in [-0.05, 0) is 32.4 Å². The summed E-state index contributed by atoms with van der Waals surface area (Å²) in [6.45, 7) is 5.43. The molecule has 2 aliphatic heterocycles.